The van der Waals surface area contributed by atoms with E-state index in [1.165, 1.54) is 0 Å². The van der Waals surface area contributed by atoms with Gasteiger partial charge in [0.05, 0.1) is 0 Å². The van der Waals surface area contributed by atoms with E-state index in [2.05, 4.69) is 0 Å². The molecule has 0 aliphatic heterocycles. The van der Waals surface area contributed by atoms with Crippen LogP contribution in [-0.4, -0.2) is 23.0 Å². The molecule has 0 spiro atoms. The monoisotopic (exact) mass is 235 g/mol. The Kier molecular flexibility index (Phi) is 4.16. The van der Waals surface area contributed by atoms with Crippen LogP contribution < -0.4 is 0 Å². The third kappa shape index (κ3) is 3.48. The number of carbonyl (C=O) groups excluding carboxylic acids is 1. The van der Waals surface area contributed by atoms with E-state index >= 15 is 0 Å². The van der Waals surface area contributed by atoms with E-state index in [9.17, 15) is 9.90 Å². The molecule has 17 heavy (non-hydrogen) atoms. The van der Waals surface area contributed by atoms with E-state index < -0.39 is 0 Å². The number of rotatable bonds is 4. The molecule has 1 N–H and O–H groups in total. The van der Waals surface area contributed by atoms with Crippen molar-refractivity contribution < 1.29 is 9.90 Å². The molecule has 1 rings (SSSR count). The highest BCUT2D eigenvalue weighted by molar-refractivity contribution is 5.81. The Morgan fingerprint density at radius 2 is 1.82 bits per heavy atom. The summed E-state index contributed by atoms with van der Waals surface area (Å²) in [7, 11) is 1.81. The van der Waals surface area contributed by atoms with Gasteiger partial charge in [0.1, 0.15) is 5.75 Å². The number of aromatic hydroxyl groups is 1. The molecular weight excluding hydrogens is 214 g/mol. The van der Waals surface area contributed by atoms with Gasteiger partial charge in [-0.1, -0.05) is 32.9 Å². The zero-order valence-electron chi connectivity index (χ0n) is 11.0. The van der Waals surface area contributed by atoms with Gasteiger partial charge >= 0.3 is 0 Å². The minimum atomic E-state index is -0.314. The molecule has 3 nitrogen and oxygen atoms in total. The van der Waals surface area contributed by atoms with Crippen LogP contribution in [0.15, 0.2) is 24.3 Å². The van der Waals surface area contributed by atoms with E-state index in [1.54, 1.807) is 17.0 Å². The molecule has 0 aromatic heterocycles. The SMILES string of the molecule is CCC(C)(C)C(=O)N(C)Cc1ccc(O)cc1. The van der Waals surface area contributed by atoms with Gasteiger partial charge in [0.2, 0.25) is 5.91 Å². The van der Waals surface area contributed by atoms with E-state index in [0.717, 1.165) is 12.0 Å². The summed E-state index contributed by atoms with van der Waals surface area (Å²) in [5, 5.41) is 9.19. The lowest BCUT2D eigenvalue weighted by Gasteiger charge is -2.28. The van der Waals surface area contributed by atoms with Crippen molar-refractivity contribution in [3.05, 3.63) is 29.8 Å². The summed E-state index contributed by atoms with van der Waals surface area (Å²) in [5.74, 6) is 0.393. The predicted octanol–water partition coefficient (Wildman–Crippen LogP) is 2.79. The highest BCUT2D eigenvalue weighted by Gasteiger charge is 2.28. The molecular formula is C14H21NO2. The standard InChI is InChI=1S/C14H21NO2/c1-5-14(2,3)13(17)15(4)10-11-6-8-12(16)9-7-11/h6-9,16H,5,10H2,1-4H3. The number of hydrogen-bond donors (Lipinski definition) is 1. The van der Waals surface area contributed by atoms with Crippen molar-refractivity contribution >= 4 is 5.91 Å². The molecule has 0 atom stereocenters. The van der Waals surface area contributed by atoms with E-state index in [-0.39, 0.29) is 17.1 Å². The number of phenolic OH excluding ortho intramolecular Hbond substituents is 1. The second-order valence-electron chi connectivity index (χ2n) is 5.07. The van der Waals surface area contributed by atoms with Crippen LogP contribution in [0.2, 0.25) is 0 Å². The van der Waals surface area contributed by atoms with Crippen LogP contribution in [0.4, 0.5) is 0 Å². The molecule has 3 heteroatoms. The maximum atomic E-state index is 12.1. The lowest BCUT2D eigenvalue weighted by Crippen LogP contribution is -2.37. The predicted molar refractivity (Wildman–Crippen MR) is 68.7 cm³/mol. The zero-order valence-corrected chi connectivity index (χ0v) is 11.0. The summed E-state index contributed by atoms with van der Waals surface area (Å²) in [6, 6.07) is 6.94. The molecule has 0 aliphatic carbocycles. The first-order valence-corrected chi connectivity index (χ1v) is 5.90. The number of hydrogen-bond acceptors (Lipinski definition) is 2. The molecule has 0 aliphatic rings. The van der Waals surface area contributed by atoms with Crippen LogP contribution in [-0.2, 0) is 11.3 Å². The summed E-state index contributed by atoms with van der Waals surface area (Å²) < 4.78 is 0. The quantitative estimate of drug-likeness (QED) is 0.871. The number of carbonyl (C=O) groups is 1. The first-order valence-electron chi connectivity index (χ1n) is 5.90. The smallest absolute Gasteiger partial charge is 0.228 e. The van der Waals surface area contributed by atoms with Gasteiger partial charge in [0.25, 0.3) is 0 Å². The Morgan fingerprint density at radius 3 is 2.29 bits per heavy atom. The summed E-state index contributed by atoms with van der Waals surface area (Å²) in [4.78, 5) is 13.9. The van der Waals surface area contributed by atoms with Crippen molar-refractivity contribution in [1.82, 2.24) is 4.90 Å². The van der Waals surface area contributed by atoms with Gasteiger partial charge in [-0.2, -0.15) is 0 Å². The van der Waals surface area contributed by atoms with Gasteiger partial charge in [0.15, 0.2) is 0 Å². The fourth-order valence-corrected chi connectivity index (χ4v) is 1.61. The normalized spacial score (nSPS) is 11.3. The first-order chi connectivity index (χ1) is 7.86. The number of amides is 1. The number of benzene rings is 1. The van der Waals surface area contributed by atoms with E-state index in [0.29, 0.717) is 6.54 Å². The second-order valence-corrected chi connectivity index (χ2v) is 5.07. The van der Waals surface area contributed by atoms with Gasteiger partial charge in [0, 0.05) is 19.0 Å². The van der Waals surface area contributed by atoms with Gasteiger partial charge in [-0.15, -0.1) is 0 Å². The second kappa shape index (κ2) is 5.21. The van der Waals surface area contributed by atoms with Gasteiger partial charge < -0.3 is 10.0 Å². The van der Waals surface area contributed by atoms with Crippen molar-refractivity contribution in [2.24, 2.45) is 5.41 Å². The Bertz CT molecular complexity index is 382. The maximum absolute atomic E-state index is 12.1. The minimum absolute atomic E-state index is 0.146. The molecule has 0 radical (unpaired) electrons. The van der Waals surface area contributed by atoms with Crippen molar-refractivity contribution in [3.63, 3.8) is 0 Å². The van der Waals surface area contributed by atoms with E-state index in [1.807, 2.05) is 40.0 Å². The fourth-order valence-electron chi connectivity index (χ4n) is 1.61. The van der Waals surface area contributed by atoms with Gasteiger partial charge in [-0.25, -0.2) is 0 Å². The lowest BCUT2D eigenvalue weighted by atomic mass is 9.88. The molecule has 94 valence electrons. The molecule has 1 amide bonds. The first kappa shape index (κ1) is 13.6. The zero-order chi connectivity index (χ0) is 13.1. The van der Waals surface area contributed by atoms with Gasteiger partial charge in [-0.3, -0.25) is 4.79 Å². The Hall–Kier alpha value is -1.51. The molecule has 0 saturated carbocycles. The molecule has 0 unspecified atom stereocenters. The van der Waals surface area contributed by atoms with Gasteiger partial charge in [-0.05, 0) is 24.1 Å². The minimum Gasteiger partial charge on any atom is -0.508 e. The van der Waals surface area contributed by atoms with Crippen molar-refractivity contribution in [2.75, 3.05) is 7.05 Å². The summed E-state index contributed by atoms with van der Waals surface area (Å²) in [6.45, 7) is 6.51. The highest BCUT2D eigenvalue weighted by Crippen LogP contribution is 2.23. The molecule has 1 aromatic rings. The number of phenols is 1. The van der Waals surface area contributed by atoms with Crippen LogP contribution in [0.25, 0.3) is 0 Å². The Labute approximate surface area is 103 Å². The number of nitrogens with zero attached hydrogens (tertiary/aromatic N) is 1. The van der Waals surface area contributed by atoms with Crippen molar-refractivity contribution in [2.45, 2.75) is 33.7 Å². The van der Waals surface area contributed by atoms with Crippen molar-refractivity contribution in [1.29, 1.82) is 0 Å². The summed E-state index contributed by atoms with van der Waals surface area (Å²) in [5.41, 5.74) is 0.705. The van der Waals surface area contributed by atoms with Crippen LogP contribution >= 0.6 is 0 Å². The van der Waals surface area contributed by atoms with Crippen LogP contribution in [0.5, 0.6) is 5.75 Å². The maximum Gasteiger partial charge on any atom is 0.228 e. The molecule has 0 bridgehead atoms. The fraction of sp³-hybridized carbons (Fsp3) is 0.500. The third-order valence-corrected chi connectivity index (χ3v) is 3.17. The van der Waals surface area contributed by atoms with E-state index in [4.69, 9.17) is 0 Å². The Morgan fingerprint density at radius 1 is 1.29 bits per heavy atom. The Balaban J connectivity index is 2.69. The molecule has 0 saturated heterocycles. The summed E-state index contributed by atoms with van der Waals surface area (Å²) in [6.07, 6.45) is 0.825. The molecule has 1 aromatic carbocycles. The molecule has 0 fully saturated rings. The van der Waals surface area contributed by atoms with Crippen LogP contribution in [0.3, 0.4) is 0 Å². The van der Waals surface area contributed by atoms with Crippen LogP contribution in [0, 0.1) is 5.41 Å². The highest BCUT2D eigenvalue weighted by atomic mass is 16.3. The third-order valence-electron chi connectivity index (χ3n) is 3.17. The topological polar surface area (TPSA) is 40.5 Å². The summed E-state index contributed by atoms with van der Waals surface area (Å²) >= 11 is 0. The largest absolute Gasteiger partial charge is 0.508 e. The molecule has 0 heterocycles. The lowest BCUT2D eigenvalue weighted by molar-refractivity contribution is -0.139. The van der Waals surface area contributed by atoms with Crippen LogP contribution in [0.1, 0.15) is 32.8 Å². The average molecular weight is 235 g/mol. The van der Waals surface area contributed by atoms with Crippen molar-refractivity contribution in [3.8, 4) is 5.75 Å². The average Bonchev–Trinajstić information content (AvgIpc) is 2.31.